The lowest BCUT2D eigenvalue weighted by Gasteiger charge is -2.30. The van der Waals surface area contributed by atoms with Crippen molar-refractivity contribution in [2.24, 2.45) is 5.92 Å². The molecule has 2 aromatic rings. The third-order valence-electron chi connectivity index (χ3n) is 4.40. The molecule has 6 heteroatoms. The van der Waals surface area contributed by atoms with E-state index in [1.54, 1.807) is 12.4 Å². The molecule has 3 nitrogen and oxygen atoms in total. The van der Waals surface area contributed by atoms with Gasteiger partial charge in [-0.05, 0) is 42.5 Å². The van der Waals surface area contributed by atoms with Crippen molar-refractivity contribution in [1.82, 2.24) is 9.88 Å². The topological polar surface area (TPSA) is 33.2 Å². The molecule has 0 saturated carbocycles. The predicted octanol–water partition coefficient (Wildman–Crippen LogP) is 4.52. The van der Waals surface area contributed by atoms with Crippen LogP contribution < -0.4 is 0 Å². The Morgan fingerprint density at radius 2 is 2.00 bits per heavy atom. The van der Waals surface area contributed by atoms with Crippen LogP contribution in [0.1, 0.15) is 35.7 Å². The minimum absolute atomic E-state index is 0.000729. The summed E-state index contributed by atoms with van der Waals surface area (Å²) < 4.78 is 26.6. The summed E-state index contributed by atoms with van der Waals surface area (Å²) in [4.78, 5) is 19.0. The Hall–Kier alpha value is -1.95. The van der Waals surface area contributed by atoms with Gasteiger partial charge in [0.1, 0.15) is 11.6 Å². The van der Waals surface area contributed by atoms with Gasteiger partial charge in [0.2, 0.25) is 0 Å². The van der Waals surface area contributed by atoms with Crippen molar-refractivity contribution in [3.8, 4) is 0 Å². The number of carbonyl (C=O) groups excluding carboxylic acids is 1. The van der Waals surface area contributed by atoms with Crippen LogP contribution in [-0.4, -0.2) is 28.9 Å². The molecule has 1 aromatic heterocycles. The summed E-state index contributed by atoms with van der Waals surface area (Å²) in [6.07, 6.45) is 5.30. The molecule has 1 amide bonds. The van der Waals surface area contributed by atoms with Crippen molar-refractivity contribution in [3.63, 3.8) is 0 Å². The van der Waals surface area contributed by atoms with Gasteiger partial charge in [0, 0.05) is 42.2 Å². The van der Waals surface area contributed by atoms with E-state index in [1.165, 1.54) is 23.9 Å². The van der Waals surface area contributed by atoms with Crippen LogP contribution in [0.3, 0.4) is 0 Å². The molecule has 0 bridgehead atoms. The molecule has 0 unspecified atom stereocenters. The number of halogens is 2. The molecule has 1 aliphatic heterocycles. The van der Waals surface area contributed by atoms with Crippen molar-refractivity contribution in [1.29, 1.82) is 0 Å². The maximum absolute atomic E-state index is 13.7. The van der Waals surface area contributed by atoms with Gasteiger partial charge in [0.05, 0.1) is 5.56 Å². The lowest BCUT2D eigenvalue weighted by molar-refractivity contribution is 0.0696. The van der Waals surface area contributed by atoms with Gasteiger partial charge in [-0.3, -0.25) is 9.78 Å². The number of rotatable bonds is 4. The number of amides is 1. The van der Waals surface area contributed by atoms with Crippen molar-refractivity contribution >= 4 is 17.7 Å². The van der Waals surface area contributed by atoms with E-state index in [1.807, 2.05) is 11.0 Å². The average Bonchev–Trinajstić information content (AvgIpc) is 2.61. The Bertz CT molecular complexity index is 761. The van der Waals surface area contributed by atoms with Crippen molar-refractivity contribution < 1.29 is 13.6 Å². The van der Waals surface area contributed by atoms with Crippen molar-refractivity contribution in [3.05, 3.63) is 59.4 Å². The van der Waals surface area contributed by atoms with E-state index < -0.39 is 11.6 Å². The molecular formula is C19H20F2N2OS. The first-order chi connectivity index (χ1) is 12.0. The normalized spacial score (nSPS) is 15.4. The minimum Gasteiger partial charge on any atom is -0.339 e. The number of carbonyl (C=O) groups is 1. The van der Waals surface area contributed by atoms with Crippen LogP contribution in [0.4, 0.5) is 8.78 Å². The molecule has 132 valence electrons. The predicted molar refractivity (Wildman–Crippen MR) is 94.5 cm³/mol. The van der Waals surface area contributed by atoms with Crippen LogP contribution in [-0.2, 0) is 5.75 Å². The summed E-state index contributed by atoms with van der Waals surface area (Å²) in [6, 6.07) is 5.34. The smallest absolute Gasteiger partial charge is 0.255 e. The fourth-order valence-corrected chi connectivity index (χ4v) is 3.67. The summed E-state index contributed by atoms with van der Waals surface area (Å²) in [5.74, 6) is -0.0393. The second kappa shape index (κ2) is 7.95. The molecule has 1 aromatic carbocycles. The highest BCUT2D eigenvalue weighted by molar-refractivity contribution is 7.98. The van der Waals surface area contributed by atoms with Gasteiger partial charge in [-0.15, -0.1) is 11.8 Å². The summed E-state index contributed by atoms with van der Waals surface area (Å²) in [5.41, 5.74) is 1.40. The highest BCUT2D eigenvalue weighted by atomic mass is 32.2. The Labute approximate surface area is 150 Å². The second-order valence-electron chi connectivity index (χ2n) is 6.42. The van der Waals surface area contributed by atoms with Crippen molar-refractivity contribution in [2.75, 3.05) is 13.1 Å². The molecule has 0 aliphatic carbocycles. The fraction of sp³-hybridized carbons (Fsp3) is 0.368. The first-order valence-electron chi connectivity index (χ1n) is 8.34. The van der Waals surface area contributed by atoms with E-state index in [0.717, 1.165) is 37.6 Å². The van der Waals surface area contributed by atoms with Crippen LogP contribution in [0.5, 0.6) is 0 Å². The highest BCUT2D eigenvalue weighted by Gasteiger charge is 2.21. The number of aromatic nitrogens is 1. The summed E-state index contributed by atoms with van der Waals surface area (Å²) in [7, 11) is 0. The van der Waals surface area contributed by atoms with Gasteiger partial charge in [-0.2, -0.15) is 0 Å². The summed E-state index contributed by atoms with van der Waals surface area (Å²) >= 11 is 1.26. The summed E-state index contributed by atoms with van der Waals surface area (Å²) in [5, 5.41) is 0. The van der Waals surface area contributed by atoms with E-state index >= 15 is 0 Å². The number of nitrogens with zero attached hydrogens (tertiary/aromatic N) is 2. The Morgan fingerprint density at radius 1 is 1.24 bits per heavy atom. The molecule has 0 radical (unpaired) electrons. The Balaban J connectivity index is 1.66. The number of hydrogen-bond donors (Lipinski definition) is 0. The summed E-state index contributed by atoms with van der Waals surface area (Å²) in [6.45, 7) is 3.76. The third kappa shape index (κ3) is 4.57. The number of likely N-dealkylation sites (tertiary alicyclic amines) is 1. The lowest BCUT2D eigenvalue weighted by Crippen LogP contribution is -2.37. The standard InChI is InChI=1S/C19H20F2N2OS/c1-13-4-6-23(7-5-13)19(24)15-8-14(10-22-11-15)12-25-18-3-2-16(20)9-17(18)21/h2-3,8-11,13H,4-7,12H2,1H3. The van der Waals surface area contributed by atoms with E-state index in [0.29, 0.717) is 22.1 Å². The molecule has 3 rings (SSSR count). The maximum atomic E-state index is 13.7. The van der Waals surface area contributed by atoms with E-state index in [4.69, 9.17) is 0 Å². The maximum Gasteiger partial charge on any atom is 0.255 e. The van der Waals surface area contributed by atoms with Gasteiger partial charge in [-0.1, -0.05) is 6.92 Å². The largest absolute Gasteiger partial charge is 0.339 e. The first kappa shape index (κ1) is 17.9. The zero-order valence-electron chi connectivity index (χ0n) is 14.0. The molecule has 1 saturated heterocycles. The Kier molecular flexibility index (Phi) is 5.68. The van der Waals surface area contributed by atoms with Crippen LogP contribution in [0.15, 0.2) is 41.6 Å². The lowest BCUT2D eigenvalue weighted by atomic mass is 9.99. The zero-order chi connectivity index (χ0) is 17.8. The third-order valence-corrected chi connectivity index (χ3v) is 5.52. The molecule has 1 fully saturated rings. The number of benzene rings is 1. The molecule has 0 spiro atoms. The Morgan fingerprint density at radius 3 is 2.72 bits per heavy atom. The second-order valence-corrected chi connectivity index (χ2v) is 7.44. The molecular weight excluding hydrogens is 342 g/mol. The number of hydrogen-bond acceptors (Lipinski definition) is 3. The number of thioether (sulfide) groups is 1. The van der Waals surface area contributed by atoms with Gasteiger partial charge < -0.3 is 4.90 Å². The van der Waals surface area contributed by atoms with Gasteiger partial charge in [-0.25, -0.2) is 8.78 Å². The quantitative estimate of drug-likeness (QED) is 0.750. The van der Waals surface area contributed by atoms with E-state index in [2.05, 4.69) is 11.9 Å². The molecule has 2 heterocycles. The first-order valence-corrected chi connectivity index (χ1v) is 9.32. The number of piperidine rings is 1. The average molecular weight is 362 g/mol. The van der Waals surface area contributed by atoms with Crippen LogP contribution >= 0.6 is 11.8 Å². The van der Waals surface area contributed by atoms with Gasteiger partial charge >= 0.3 is 0 Å². The van der Waals surface area contributed by atoms with E-state index in [-0.39, 0.29) is 5.91 Å². The molecule has 1 aliphatic rings. The highest BCUT2D eigenvalue weighted by Crippen LogP contribution is 2.26. The zero-order valence-corrected chi connectivity index (χ0v) is 14.9. The molecule has 0 N–H and O–H groups in total. The van der Waals surface area contributed by atoms with Gasteiger partial charge in [0.25, 0.3) is 5.91 Å². The van der Waals surface area contributed by atoms with Crippen LogP contribution in [0.2, 0.25) is 0 Å². The molecule has 0 atom stereocenters. The fourth-order valence-electron chi connectivity index (χ4n) is 2.83. The van der Waals surface area contributed by atoms with Crippen molar-refractivity contribution in [2.45, 2.75) is 30.4 Å². The number of pyridine rings is 1. The van der Waals surface area contributed by atoms with Crippen LogP contribution in [0.25, 0.3) is 0 Å². The monoisotopic (exact) mass is 362 g/mol. The van der Waals surface area contributed by atoms with Crippen LogP contribution in [0, 0.1) is 17.6 Å². The molecule has 25 heavy (non-hydrogen) atoms. The SMILES string of the molecule is CC1CCN(C(=O)c2cncc(CSc3ccc(F)cc3F)c2)CC1. The minimum atomic E-state index is -0.591. The van der Waals surface area contributed by atoms with Gasteiger partial charge in [0.15, 0.2) is 0 Å². The van der Waals surface area contributed by atoms with E-state index in [9.17, 15) is 13.6 Å².